The summed E-state index contributed by atoms with van der Waals surface area (Å²) < 4.78 is 64.4. The molecule has 3 aliphatic heterocycles. The molecule has 0 saturated carbocycles. The monoisotopic (exact) mass is 1250 g/mol. The quantitative estimate of drug-likeness (QED) is 0.0132. The number of fused-ring (bicyclic) bond motifs is 1. The van der Waals surface area contributed by atoms with E-state index in [2.05, 4.69) is 67.9 Å². The van der Waals surface area contributed by atoms with Crippen molar-refractivity contribution in [1.29, 1.82) is 0 Å². The van der Waals surface area contributed by atoms with Crippen LogP contribution in [0.1, 0.15) is 30.2 Å². The third-order valence-corrected chi connectivity index (χ3v) is 14.5. The first-order valence-corrected chi connectivity index (χ1v) is 26.9. The minimum atomic E-state index is -4.46. The molecule has 4 aromatic rings. The standard InChI is InChI=1S/C47H53Br2N9O20S/c1-2-24-4-3-5-26(18-24)54-41-34-42(58(23-52-34)45-38(64)35(61)29(76-45)21-75-79(50,70)71)56(22-53-41)20-25-6-7-28(77-47-39(65)36(62)37(63)40(78-47)46(68)69)27(19-25)55-31(60)8-10-51-30(59)9-12-72-14-16-74-17-15-73-13-11-57-43(66)32(48)33(49)44(57)67/h1,3-7,18-19,22-23,29,35-40,45,47,61-65H,8-17,20-21H2,(H5,50,51,55,59,60,68,69,70,71)/p+1/t29-,35-,36+,37+,38-,39-,40+,45-,47-/m1/s1. The number of hydrogen-bond acceptors (Lipinski definition) is 22. The van der Waals surface area contributed by atoms with Crippen molar-refractivity contribution in [2.45, 2.75) is 74.6 Å². The number of nitrogens with zero attached hydrogens (tertiary/aromatic N) is 5. The molecular weight excluding hydrogens is 1200 g/mol. The Bertz CT molecular complexity index is 3070. The fraction of sp³-hybridized carbons (Fsp3) is 0.447. The van der Waals surface area contributed by atoms with Crippen molar-refractivity contribution in [1.82, 2.24) is 24.8 Å². The average molecular weight is 1260 g/mol. The molecule has 5 heterocycles. The number of aliphatic carboxylic acids is 1. The summed E-state index contributed by atoms with van der Waals surface area (Å²) in [6, 6.07) is 11.1. The number of halogens is 2. The van der Waals surface area contributed by atoms with Crippen molar-refractivity contribution in [3.63, 3.8) is 0 Å². The van der Waals surface area contributed by atoms with Crippen molar-refractivity contribution >= 4 is 100 Å². The van der Waals surface area contributed by atoms with E-state index in [9.17, 15) is 63.0 Å². The van der Waals surface area contributed by atoms with Crippen LogP contribution in [0.2, 0.25) is 0 Å². The highest BCUT2D eigenvalue weighted by Gasteiger charge is 2.49. The predicted octanol–water partition coefficient (Wildman–Crippen LogP) is -2.14. The van der Waals surface area contributed by atoms with Crippen molar-refractivity contribution in [2.24, 2.45) is 5.14 Å². The van der Waals surface area contributed by atoms with Gasteiger partial charge in [0.05, 0.1) is 65.0 Å². The summed E-state index contributed by atoms with van der Waals surface area (Å²) in [6.45, 7) is -0.0475. The van der Waals surface area contributed by atoms with E-state index in [4.69, 9.17) is 40.0 Å². The van der Waals surface area contributed by atoms with Crippen LogP contribution >= 0.6 is 31.9 Å². The summed E-state index contributed by atoms with van der Waals surface area (Å²) in [4.78, 5) is 72.3. The number of nitrogens with two attached hydrogens (primary N) is 1. The van der Waals surface area contributed by atoms with E-state index < -0.39 is 102 Å². The van der Waals surface area contributed by atoms with Crippen LogP contribution in [0.5, 0.6) is 5.75 Å². The van der Waals surface area contributed by atoms with E-state index >= 15 is 0 Å². The van der Waals surface area contributed by atoms with Crippen LogP contribution in [0.4, 0.5) is 17.2 Å². The van der Waals surface area contributed by atoms with Crippen molar-refractivity contribution < 1.29 is 100 Å². The van der Waals surface area contributed by atoms with Gasteiger partial charge in [-0.1, -0.05) is 23.0 Å². The molecule has 2 aromatic carbocycles. The number of carboxylic acids is 1. The molecule has 0 spiro atoms. The summed E-state index contributed by atoms with van der Waals surface area (Å²) in [6.07, 6.45) is -8.06. The molecule has 7 rings (SSSR count). The molecule has 3 aliphatic rings. The Morgan fingerprint density at radius 3 is 2.23 bits per heavy atom. The summed E-state index contributed by atoms with van der Waals surface area (Å²) in [5, 5.41) is 76.8. The molecular formula is C47H54Br2N9O20S+. The number of nitrogens with one attached hydrogen (secondary N) is 3. The van der Waals surface area contributed by atoms with Crippen molar-refractivity contribution in [3.8, 4) is 18.1 Å². The lowest BCUT2D eigenvalue weighted by atomic mass is 9.99. The molecule has 0 aliphatic carbocycles. The zero-order valence-corrected chi connectivity index (χ0v) is 45.3. The Morgan fingerprint density at radius 2 is 1.54 bits per heavy atom. The topological polar surface area (TPSA) is 405 Å². The summed E-state index contributed by atoms with van der Waals surface area (Å²) in [5.41, 5.74) is 1.82. The summed E-state index contributed by atoms with van der Waals surface area (Å²) >= 11 is 6.12. The van der Waals surface area contributed by atoms with Crippen LogP contribution in [-0.2, 0) is 68.7 Å². The molecule has 0 unspecified atom stereocenters. The number of hydrogen-bond donors (Lipinski definition) is 10. The van der Waals surface area contributed by atoms with E-state index in [-0.39, 0.29) is 110 Å². The SMILES string of the molecule is C#Cc1cccc(Nc2nc[n+](Cc3ccc(O[C@@H]4O[C@H](C(=O)O)[C@@H](O)[C@H](O)[C@H]4O)c(NC(=O)CCNC(=O)CCOCCOCCOCCN4C(=O)C(Br)=C(Br)C4=O)c3)c3c2ncn3[C@@H]2O[C@H](COS(N)(=O)=O)[C@@H](O)[C@H]2O)c1. The van der Waals surface area contributed by atoms with Crippen LogP contribution in [0.3, 0.4) is 0 Å². The maximum Gasteiger partial charge on any atom is 0.335 e. The number of aromatic nitrogens is 4. The number of carboxylic acid groups (broad SMARTS) is 1. The smallest absolute Gasteiger partial charge is 0.335 e. The zero-order chi connectivity index (χ0) is 57.1. The molecule has 4 amide bonds. The second kappa shape index (κ2) is 27.4. The fourth-order valence-electron chi connectivity index (χ4n) is 8.07. The first kappa shape index (κ1) is 60.5. The number of aliphatic hydroxyl groups is 5. The minimum absolute atomic E-state index is 0.0269. The summed E-state index contributed by atoms with van der Waals surface area (Å²) in [5.74, 6) is -1.14. The van der Waals surface area contributed by atoms with Crippen molar-refractivity contribution in [3.05, 3.63) is 75.2 Å². The lowest BCUT2D eigenvalue weighted by Gasteiger charge is -2.38. The molecule has 426 valence electrons. The molecule has 2 aromatic heterocycles. The Labute approximate surface area is 466 Å². The molecule has 0 bridgehead atoms. The van der Waals surface area contributed by atoms with Crippen LogP contribution in [0, 0.1) is 12.3 Å². The normalized spacial score (nSPS) is 23.3. The molecule has 2 saturated heterocycles. The number of anilines is 3. The number of ether oxygens (including phenoxy) is 6. The maximum absolute atomic E-state index is 13.5. The van der Waals surface area contributed by atoms with E-state index in [1.807, 2.05) is 0 Å². The summed E-state index contributed by atoms with van der Waals surface area (Å²) in [7, 11) is -4.46. The molecule has 29 nitrogen and oxygen atoms in total. The van der Waals surface area contributed by atoms with Gasteiger partial charge in [-0.05, 0) is 67.8 Å². The number of carbonyl (C=O) groups excluding carboxylic acids is 4. The van der Waals surface area contributed by atoms with Crippen LogP contribution < -0.4 is 30.4 Å². The van der Waals surface area contributed by atoms with E-state index in [1.54, 1.807) is 28.8 Å². The minimum Gasteiger partial charge on any atom is -0.479 e. The third-order valence-electron chi connectivity index (χ3n) is 12.0. The van der Waals surface area contributed by atoms with Gasteiger partial charge in [0.2, 0.25) is 36.5 Å². The number of imide groups is 1. The average Bonchev–Trinajstić information content (AvgIpc) is 4.03. The number of benzene rings is 2. The van der Waals surface area contributed by atoms with Crippen molar-refractivity contribution in [2.75, 3.05) is 70.0 Å². The zero-order valence-electron chi connectivity index (χ0n) is 41.3. The van der Waals surface area contributed by atoms with E-state index in [0.29, 0.717) is 16.8 Å². The van der Waals surface area contributed by atoms with Gasteiger partial charge in [0.1, 0.15) is 51.3 Å². The molecule has 32 heteroatoms. The highest BCUT2D eigenvalue weighted by atomic mass is 79.9. The molecule has 79 heavy (non-hydrogen) atoms. The van der Waals surface area contributed by atoms with Gasteiger partial charge in [0.15, 0.2) is 17.9 Å². The van der Waals surface area contributed by atoms with Gasteiger partial charge in [0, 0.05) is 30.6 Å². The maximum atomic E-state index is 13.5. The van der Waals surface area contributed by atoms with Crippen LogP contribution in [0.25, 0.3) is 11.2 Å². The lowest BCUT2D eigenvalue weighted by Crippen LogP contribution is -2.61. The molecule has 11 N–H and O–H groups in total. The van der Waals surface area contributed by atoms with Gasteiger partial charge in [-0.15, -0.1) is 6.42 Å². The molecule has 9 atom stereocenters. The van der Waals surface area contributed by atoms with Gasteiger partial charge in [-0.3, -0.25) is 28.3 Å². The van der Waals surface area contributed by atoms with Crippen LogP contribution in [0.15, 0.2) is 64.1 Å². The Hall–Kier alpha value is -6.13. The third kappa shape index (κ3) is 15.4. The van der Waals surface area contributed by atoms with E-state index in [0.717, 1.165) is 4.90 Å². The number of terminal acetylenes is 1. The highest BCUT2D eigenvalue weighted by molar-refractivity contribution is 9.14. The van der Waals surface area contributed by atoms with Gasteiger partial charge in [0.25, 0.3) is 17.5 Å². The first-order chi connectivity index (χ1) is 37.6. The number of aliphatic hydroxyl groups excluding tert-OH is 5. The van der Waals surface area contributed by atoms with Gasteiger partial charge < -0.3 is 75.0 Å². The Kier molecular flexibility index (Phi) is 21.0. The predicted molar refractivity (Wildman–Crippen MR) is 276 cm³/mol. The Morgan fingerprint density at radius 1 is 0.848 bits per heavy atom. The fourth-order valence-corrected chi connectivity index (χ4v) is 9.16. The molecule has 0 radical (unpaired) electrons. The first-order valence-electron chi connectivity index (χ1n) is 23.9. The molecule has 2 fully saturated rings. The number of carbonyl (C=O) groups is 5. The number of amides is 4. The van der Waals surface area contributed by atoms with Gasteiger partial charge in [-0.2, -0.15) is 8.42 Å². The van der Waals surface area contributed by atoms with Crippen LogP contribution in [-0.4, -0.2) is 196 Å². The van der Waals surface area contributed by atoms with Gasteiger partial charge >= 0.3 is 16.3 Å². The second-order valence-electron chi connectivity index (χ2n) is 17.5. The van der Waals surface area contributed by atoms with E-state index in [1.165, 1.54) is 35.4 Å². The van der Waals surface area contributed by atoms with Gasteiger partial charge in [-0.25, -0.2) is 24.1 Å². The number of rotatable bonds is 27. The lowest BCUT2D eigenvalue weighted by molar-refractivity contribution is -0.668. The second-order valence-corrected chi connectivity index (χ2v) is 20.3. The highest BCUT2D eigenvalue weighted by Crippen LogP contribution is 2.35. The number of imidazole rings is 1. The largest absolute Gasteiger partial charge is 0.479 e. The Balaban J connectivity index is 1.01.